The number of carboxylic acid groups (broad SMARTS) is 1. The Labute approximate surface area is 166 Å². The molecule has 0 radical (unpaired) electrons. The van der Waals surface area contributed by atoms with Crippen LogP contribution in [0.25, 0.3) is 16.6 Å². The predicted molar refractivity (Wildman–Crippen MR) is 106 cm³/mol. The minimum atomic E-state index is -0.967. The van der Waals surface area contributed by atoms with E-state index in [9.17, 15) is 15.2 Å². The largest absolute Gasteiger partial charge is 0.497 e. The van der Waals surface area contributed by atoms with Crippen LogP contribution in [0.5, 0.6) is 5.75 Å². The first-order valence-corrected chi connectivity index (χ1v) is 9.16. The van der Waals surface area contributed by atoms with Crippen molar-refractivity contribution in [2.24, 2.45) is 0 Å². The number of piperidine rings is 1. The van der Waals surface area contributed by atoms with Crippen molar-refractivity contribution in [2.45, 2.75) is 18.3 Å². The molecule has 0 aliphatic carbocycles. The van der Waals surface area contributed by atoms with E-state index in [-0.39, 0.29) is 0 Å². The summed E-state index contributed by atoms with van der Waals surface area (Å²) < 4.78 is 7.02. The Kier molecular flexibility index (Phi) is 4.47. The van der Waals surface area contributed by atoms with Gasteiger partial charge in [0.25, 0.3) is 0 Å². The maximum absolute atomic E-state index is 11.2. The fourth-order valence-corrected chi connectivity index (χ4v) is 3.76. The Balaban J connectivity index is 1.76. The molecule has 1 aliphatic rings. The van der Waals surface area contributed by atoms with Crippen LogP contribution in [0.4, 0.5) is 10.6 Å². The first-order valence-electron chi connectivity index (χ1n) is 9.16. The molecule has 148 valence electrons. The molecule has 0 spiro atoms. The van der Waals surface area contributed by atoms with Gasteiger partial charge >= 0.3 is 6.09 Å². The second kappa shape index (κ2) is 6.98. The van der Waals surface area contributed by atoms with Crippen LogP contribution in [-0.2, 0) is 5.41 Å². The lowest BCUT2D eigenvalue weighted by atomic mass is 9.76. The van der Waals surface area contributed by atoms with Crippen molar-refractivity contribution in [3.63, 3.8) is 0 Å². The van der Waals surface area contributed by atoms with Crippen LogP contribution >= 0.6 is 0 Å². The molecule has 3 N–H and O–H groups in total. The highest BCUT2D eigenvalue weighted by Crippen LogP contribution is 2.35. The summed E-state index contributed by atoms with van der Waals surface area (Å²) in [7, 11) is 1.59. The van der Waals surface area contributed by atoms with Crippen LogP contribution in [0.1, 0.15) is 18.5 Å². The number of amides is 1. The number of nitriles is 1. The van der Waals surface area contributed by atoms with Crippen LogP contribution < -0.4 is 10.5 Å². The Morgan fingerprint density at radius 3 is 2.72 bits per heavy atom. The standard InChI is InChI=1S/C20H20N6O3/c1-29-14-2-3-15-16(11-14)26(24-18(15)22)13-4-7-23-17(10-13)20(12-21)5-8-25(9-6-20)19(27)28/h2-4,7,10-11H,5-6,8-9H2,1H3,(H2,22,24)(H,27,28). The number of nitrogens with zero attached hydrogens (tertiary/aromatic N) is 5. The summed E-state index contributed by atoms with van der Waals surface area (Å²) in [6.07, 6.45) is 1.45. The predicted octanol–water partition coefficient (Wildman–Crippen LogP) is 2.55. The van der Waals surface area contributed by atoms with Gasteiger partial charge < -0.3 is 20.5 Å². The van der Waals surface area contributed by atoms with Gasteiger partial charge in [-0.1, -0.05) is 0 Å². The van der Waals surface area contributed by atoms with Gasteiger partial charge in [0.05, 0.1) is 30.1 Å². The van der Waals surface area contributed by atoms with Crippen molar-refractivity contribution in [1.29, 1.82) is 5.26 Å². The number of anilines is 1. The van der Waals surface area contributed by atoms with Crippen molar-refractivity contribution >= 4 is 22.8 Å². The number of carbonyl (C=O) groups is 1. The van der Waals surface area contributed by atoms with E-state index in [2.05, 4.69) is 16.2 Å². The minimum Gasteiger partial charge on any atom is -0.497 e. The Morgan fingerprint density at radius 1 is 1.31 bits per heavy atom. The molecule has 9 nitrogen and oxygen atoms in total. The molecule has 1 aliphatic heterocycles. The zero-order valence-electron chi connectivity index (χ0n) is 15.9. The number of methoxy groups -OCH3 is 1. The van der Waals surface area contributed by atoms with Gasteiger partial charge in [0.15, 0.2) is 5.82 Å². The molecule has 3 aromatic rings. The van der Waals surface area contributed by atoms with Gasteiger partial charge in [-0.2, -0.15) is 5.26 Å². The van der Waals surface area contributed by atoms with Crippen LogP contribution in [0.3, 0.4) is 0 Å². The number of fused-ring (bicyclic) bond motifs is 1. The molecule has 0 bridgehead atoms. The summed E-state index contributed by atoms with van der Waals surface area (Å²) in [4.78, 5) is 17.0. The summed E-state index contributed by atoms with van der Waals surface area (Å²) >= 11 is 0. The smallest absolute Gasteiger partial charge is 0.407 e. The second-order valence-corrected chi connectivity index (χ2v) is 7.04. The molecule has 3 heterocycles. The van der Waals surface area contributed by atoms with E-state index in [1.54, 1.807) is 24.1 Å². The van der Waals surface area contributed by atoms with Crippen molar-refractivity contribution in [3.8, 4) is 17.5 Å². The molecule has 29 heavy (non-hydrogen) atoms. The lowest BCUT2D eigenvalue weighted by molar-refractivity contribution is 0.124. The van der Waals surface area contributed by atoms with E-state index in [1.807, 2.05) is 24.3 Å². The Hall–Kier alpha value is -3.80. The topological polar surface area (TPSA) is 130 Å². The number of hydrogen-bond donors (Lipinski definition) is 2. The molecular weight excluding hydrogens is 372 g/mol. The van der Waals surface area contributed by atoms with Gasteiger partial charge in [0, 0.05) is 30.7 Å². The molecule has 2 aromatic heterocycles. The van der Waals surface area contributed by atoms with Gasteiger partial charge in [-0.3, -0.25) is 4.98 Å². The average Bonchev–Trinajstić information content (AvgIpc) is 3.09. The molecule has 1 saturated heterocycles. The first-order chi connectivity index (χ1) is 14.0. The van der Waals surface area contributed by atoms with Crippen LogP contribution in [0.15, 0.2) is 36.5 Å². The summed E-state index contributed by atoms with van der Waals surface area (Å²) in [6.45, 7) is 0.591. The number of likely N-dealkylation sites (tertiary alicyclic amines) is 1. The molecule has 0 unspecified atom stereocenters. The van der Waals surface area contributed by atoms with Crippen molar-refractivity contribution in [3.05, 3.63) is 42.2 Å². The number of hydrogen-bond acceptors (Lipinski definition) is 6. The zero-order valence-corrected chi connectivity index (χ0v) is 15.9. The number of aromatic nitrogens is 3. The quantitative estimate of drug-likeness (QED) is 0.700. The fraction of sp³-hybridized carbons (Fsp3) is 0.300. The van der Waals surface area contributed by atoms with Gasteiger partial charge in [0.2, 0.25) is 0 Å². The van der Waals surface area contributed by atoms with Crippen LogP contribution in [0.2, 0.25) is 0 Å². The van der Waals surface area contributed by atoms with Gasteiger partial charge in [-0.25, -0.2) is 9.48 Å². The van der Waals surface area contributed by atoms with Crippen molar-refractivity contribution in [1.82, 2.24) is 19.7 Å². The van der Waals surface area contributed by atoms with E-state index in [0.29, 0.717) is 43.2 Å². The molecule has 4 rings (SSSR count). The average molecular weight is 392 g/mol. The highest BCUT2D eigenvalue weighted by atomic mass is 16.5. The lowest BCUT2D eigenvalue weighted by Gasteiger charge is -2.35. The highest BCUT2D eigenvalue weighted by Gasteiger charge is 2.39. The van der Waals surface area contributed by atoms with E-state index in [0.717, 1.165) is 16.6 Å². The molecule has 0 saturated carbocycles. The van der Waals surface area contributed by atoms with Crippen LogP contribution in [-0.4, -0.2) is 51.1 Å². The lowest BCUT2D eigenvalue weighted by Crippen LogP contribution is -2.44. The zero-order chi connectivity index (χ0) is 20.6. The van der Waals surface area contributed by atoms with Crippen LogP contribution in [0, 0.1) is 11.3 Å². The minimum absolute atomic E-state index is 0.295. The van der Waals surface area contributed by atoms with E-state index in [4.69, 9.17) is 10.5 Å². The number of benzene rings is 1. The van der Waals surface area contributed by atoms with E-state index in [1.165, 1.54) is 4.90 Å². The normalized spacial score (nSPS) is 15.8. The third kappa shape index (κ3) is 3.08. The Bertz CT molecular complexity index is 1120. The number of pyridine rings is 1. The third-order valence-electron chi connectivity index (χ3n) is 5.50. The van der Waals surface area contributed by atoms with E-state index >= 15 is 0 Å². The van der Waals surface area contributed by atoms with Gasteiger partial charge in [-0.15, -0.1) is 5.10 Å². The van der Waals surface area contributed by atoms with Gasteiger partial charge in [-0.05, 0) is 37.1 Å². The summed E-state index contributed by atoms with van der Waals surface area (Å²) in [6, 6.07) is 11.5. The molecule has 1 amide bonds. The first kappa shape index (κ1) is 18.6. The molecule has 0 atom stereocenters. The third-order valence-corrected chi connectivity index (χ3v) is 5.50. The molecular formula is C20H20N6O3. The summed E-state index contributed by atoms with van der Waals surface area (Å²) in [5.41, 5.74) is 7.35. The number of rotatable bonds is 3. The Morgan fingerprint density at radius 2 is 2.07 bits per heavy atom. The number of nitrogens with two attached hydrogens (primary N) is 1. The molecule has 1 aromatic carbocycles. The second-order valence-electron chi connectivity index (χ2n) is 7.04. The van der Waals surface area contributed by atoms with Gasteiger partial charge in [0.1, 0.15) is 11.2 Å². The molecule has 1 fully saturated rings. The summed E-state index contributed by atoms with van der Waals surface area (Å²) in [5, 5.41) is 24.3. The maximum atomic E-state index is 11.2. The van der Waals surface area contributed by atoms with Crippen molar-refractivity contribution in [2.75, 3.05) is 25.9 Å². The number of nitrogen functional groups attached to an aromatic ring is 1. The highest BCUT2D eigenvalue weighted by molar-refractivity contribution is 5.91. The molecule has 9 heteroatoms. The number of ether oxygens (including phenoxy) is 1. The summed E-state index contributed by atoms with van der Waals surface area (Å²) in [5.74, 6) is 1.08. The maximum Gasteiger partial charge on any atom is 0.407 e. The SMILES string of the molecule is COc1ccc2c(N)nn(-c3ccnc(C4(C#N)CCN(C(=O)O)CC4)c3)c2c1. The monoisotopic (exact) mass is 392 g/mol. The van der Waals surface area contributed by atoms with E-state index < -0.39 is 11.5 Å². The van der Waals surface area contributed by atoms with Crippen molar-refractivity contribution < 1.29 is 14.6 Å². The fourth-order valence-electron chi connectivity index (χ4n) is 3.76.